The highest BCUT2D eigenvalue weighted by molar-refractivity contribution is 7.31. The monoisotopic (exact) mass is 1570 g/mol. The summed E-state index contributed by atoms with van der Waals surface area (Å²) in [5.41, 5.74) is 7.02. The van der Waals surface area contributed by atoms with E-state index in [-0.39, 0.29) is 0 Å². The van der Waals surface area contributed by atoms with Crippen molar-refractivity contribution < 1.29 is 13.3 Å². The molecule has 0 aliphatic rings. The predicted octanol–water partition coefficient (Wildman–Crippen LogP) is 34.0. The zero-order valence-corrected chi connectivity index (χ0v) is 63.8. The Bertz CT molecular complexity index is 7930. The molecule has 0 fully saturated rings. The molecule has 0 bridgehead atoms. The Kier molecular flexibility index (Phi) is 7.19. The van der Waals surface area contributed by atoms with E-state index >= 15 is 0 Å². The van der Waals surface area contributed by atoms with E-state index in [0.29, 0.717) is 0 Å². The van der Waals surface area contributed by atoms with Gasteiger partial charge in [0.25, 0.3) is 0 Å². The van der Waals surface area contributed by atoms with Crippen LogP contribution in [0.15, 0.2) is 115 Å². The predicted molar refractivity (Wildman–Crippen MR) is 485 cm³/mol. The van der Waals surface area contributed by atoms with Gasteiger partial charge < -0.3 is 28.2 Å². The molecular weight excluding hydrogens is 1560 g/mol. The fraction of sp³-hybridized carbons (Fsp3) is 0. The lowest BCUT2D eigenvalue weighted by molar-refractivity contribution is 0.623. The highest BCUT2D eigenvalue weighted by Gasteiger charge is 2.40. The van der Waals surface area contributed by atoms with Crippen molar-refractivity contribution in [2.24, 2.45) is 0 Å². The van der Waals surface area contributed by atoms with Crippen LogP contribution in [0.5, 0.6) is 0 Å². The van der Waals surface area contributed by atoms with Crippen LogP contribution in [-0.2, 0) is 0 Å². The van der Waals surface area contributed by atoms with Crippen LogP contribution < -0.4 is 0 Å². The van der Waals surface area contributed by atoms with Crippen molar-refractivity contribution >= 4 is 517 Å². The Morgan fingerprint density at radius 1 is 0.148 bits per heavy atom. The molecule has 486 valence electrons. The number of aromatic nitrogens is 3. The standard InChI is InChI=1S/C30H9N3S3.C30H6O3S3.C30H6S6/c2*1-7-10-4-34-29-16(10)22-19-13(7)25(31-1)28-17-11(5-35-28)8-2-33-27-15(8)21(23(17)19)24-18-12(6-36-30(18)27)9-3-32-26(29)14(9)20(22)24;1-7-8-2-32-27-14(8)20-19-13(7)25(31-1)26-15-9(3-33-26)10-4-35-29-17(10)23(21(15)19)24-18-12(6-36-30(18)29)11-5-34-28(27)16(11)22(20)24/h1-6,31-33H;2*1-6H. The van der Waals surface area contributed by atoms with E-state index in [1.807, 2.05) is 121 Å². The summed E-state index contributed by atoms with van der Waals surface area (Å²) in [6, 6.07) is 0. The van der Waals surface area contributed by atoms with Crippen molar-refractivity contribution in [3.05, 3.63) is 102 Å². The Balaban J connectivity index is 0.0000000758. The molecular formula is C90H21N3O3S12. The molecule has 108 heavy (non-hydrogen) atoms. The first-order valence-electron chi connectivity index (χ1n) is 35.9. The van der Waals surface area contributed by atoms with Gasteiger partial charge in [0.2, 0.25) is 0 Å². The van der Waals surface area contributed by atoms with Gasteiger partial charge in [0, 0.05) is 326 Å². The molecule has 0 radical (unpaired) electrons. The molecule has 39 aromatic rings. The molecule has 18 heteroatoms. The number of nitrogens with one attached hydrogen (secondary N) is 3. The molecule has 0 amide bonds. The van der Waals surface area contributed by atoms with Crippen molar-refractivity contribution in [3.8, 4) is 0 Å². The van der Waals surface area contributed by atoms with Crippen LogP contribution in [0.1, 0.15) is 0 Å². The highest BCUT2D eigenvalue weighted by atomic mass is 32.1. The lowest BCUT2D eigenvalue weighted by Crippen LogP contribution is -1.94. The van der Waals surface area contributed by atoms with Gasteiger partial charge in [-0.05, 0) is 48.4 Å². The average Bonchev–Trinajstić information content (AvgIpc) is 1.46. The van der Waals surface area contributed by atoms with Gasteiger partial charge in [-0.15, -0.1) is 136 Å². The van der Waals surface area contributed by atoms with Crippen LogP contribution in [0.2, 0.25) is 0 Å². The first kappa shape index (κ1) is 51.1. The van der Waals surface area contributed by atoms with Gasteiger partial charge in [0.1, 0.15) is 0 Å². The fourth-order valence-electron chi connectivity index (χ4n) is 24.6. The molecule has 0 saturated carbocycles. The minimum Gasteiger partial charge on any atom is -0.462 e. The van der Waals surface area contributed by atoms with Gasteiger partial charge in [-0.25, -0.2) is 0 Å². The summed E-state index contributed by atoms with van der Waals surface area (Å²) in [7, 11) is 0. The third-order valence-corrected chi connectivity index (χ3v) is 40.3. The van der Waals surface area contributed by atoms with Crippen molar-refractivity contribution in [2.75, 3.05) is 0 Å². The Labute approximate surface area is 639 Å². The van der Waals surface area contributed by atoms with Gasteiger partial charge in [-0.2, -0.15) is 0 Å². The lowest BCUT2D eigenvalue weighted by Gasteiger charge is -2.22. The van der Waals surface area contributed by atoms with Gasteiger partial charge >= 0.3 is 0 Å². The molecule has 18 heterocycles. The van der Waals surface area contributed by atoms with E-state index in [4.69, 9.17) is 13.3 Å². The third kappa shape index (κ3) is 4.44. The summed E-state index contributed by atoms with van der Waals surface area (Å²) in [4.78, 5) is 11.2. The van der Waals surface area contributed by atoms with E-state index in [9.17, 15) is 0 Å². The highest BCUT2D eigenvalue weighted by Crippen LogP contribution is 2.69. The molecule has 0 spiro atoms. The molecule has 18 aromatic heterocycles. The van der Waals surface area contributed by atoms with Crippen LogP contribution in [0.3, 0.4) is 0 Å². The normalized spacial score (nSPS) is 14.7. The second kappa shape index (κ2) is 15.2. The lowest BCUT2D eigenvalue weighted by atomic mass is 9.79. The second-order valence-corrected chi connectivity index (χ2v) is 42.0. The maximum Gasteiger partial charge on any atom is 0.152 e. The summed E-state index contributed by atoms with van der Waals surface area (Å²) in [6.07, 6.45) is 12.8. The number of hydrogen-bond donors (Lipinski definition) is 3. The third-order valence-electron chi connectivity index (χ3n) is 28.0. The fourth-order valence-corrected chi connectivity index (χ4v) is 38.0. The van der Waals surface area contributed by atoms with Crippen LogP contribution in [0, 0.1) is 0 Å². The summed E-state index contributed by atoms with van der Waals surface area (Å²) >= 11 is 22.9. The van der Waals surface area contributed by atoms with Crippen molar-refractivity contribution in [3.63, 3.8) is 0 Å². The van der Waals surface area contributed by atoms with Gasteiger partial charge in [0.05, 0.1) is 91.7 Å². The van der Waals surface area contributed by atoms with E-state index in [0.717, 1.165) is 16.7 Å². The van der Waals surface area contributed by atoms with E-state index in [1.165, 1.54) is 331 Å². The summed E-state index contributed by atoms with van der Waals surface area (Å²) < 4.78 is 36.2. The van der Waals surface area contributed by atoms with Crippen molar-refractivity contribution in [1.29, 1.82) is 0 Å². The molecule has 6 nitrogen and oxygen atoms in total. The molecule has 0 atom stereocenters. The molecule has 0 saturated heterocycles. The largest absolute Gasteiger partial charge is 0.462 e. The Morgan fingerprint density at radius 3 is 0.556 bits per heavy atom. The number of hydrogen-bond acceptors (Lipinski definition) is 15. The zero-order valence-electron chi connectivity index (χ0n) is 54.0. The zero-order chi connectivity index (χ0) is 67.0. The van der Waals surface area contributed by atoms with E-state index in [1.54, 1.807) is 66.3 Å². The average molecular weight is 1580 g/mol. The minimum absolute atomic E-state index is 1.03. The van der Waals surface area contributed by atoms with Crippen LogP contribution in [0.25, 0.3) is 381 Å². The Hall–Kier alpha value is -10.3. The summed E-state index contributed by atoms with van der Waals surface area (Å²) in [5, 5.41) is 106. The number of furan rings is 3. The molecule has 0 unspecified atom stereocenters. The van der Waals surface area contributed by atoms with E-state index in [2.05, 4.69) is 98.1 Å². The molecule has 0 aliphatic heterocycles. The number of H-pyrrole nitrogens is 3. The SMILES string of the molecule is c1[nH]c2c3scc4c5c[nH]c6c7scc8c9c[nH]c%10c%11scc%12c1c2c1c(c43)c(c56)c(c87)c(c9%10)c1c%12%11.c1oc2c3scc4c5coc6c7scc8c9coc%10c%11scc%12c1c2c1c(c43)c(c56)c(c87)c(c9%10)c1c%12%11.c1sc2c3scc4c5csc6c7scc8c9csc%10c%11scc%12c1c2c1c(c%12%11)c(c9%10)c(c87)c(c56)c1c43. The van der Waals surface area contributed by atoms with Gasteiger partial charge in [-0.1, -0.05) is 0 Å². The maximum atomic E-state index is 6.42. The van der Waals surface area contributed by atoms with Crippen molar-refractivity contribution in [1.82, 2.24) is 15.0 Å². The van der Waals surface area contributed by atoms with Crippen molar-refractivity contribution in [2.45, 2.75) is 0 Å². The van der Waals surface area contributed by atoms with Crippen LogP contribution >= 0.6 is 136 Å². The number of thiophene rings is 12. The van der Waals surface area contributed by atoms with Gasteiger partial charge in [-0.3, -0.25) is 0 Å². The van der Waals surface area contributed by atoms with E-state index < -0.39 is 0 Å². The molecule has 21 aromatic carbocycles. The number of benzene rings is 21. The first-order valence-corrected chi connectivity index (χ1v) is 46.5. The molecule has 39 rings (SSSR count). The second-order valence-electron chi connectivity index (χ2n) is 31.4. The number of aromatic amines is 3. The van der Waals surface area contributed by atoms with Crippen LogP contribution in [-0.4, -0.2) is 15.0 Å². The first-order chi connectivity index (χ1) is 53.7. The topological polar surface area (TPSA) is 86.8 Å². The quantitative estimate of drug-likeness (QED) is 0.104. The number of fused-ring (bicyclic) bond motifs is 18. The summed E-state index contributed by atoms with van der Waals surface area (Å²) in [5.74, 6) is 0. The molecule has 3 N–H and O–H groups in total. The molecule has 0 aliphatic carbocycles. The maximum absolute atomic E-state index is 6.42. The number of rotatable bonds is 0. The smallest absolute Gasteiger partial charge is 0.152 e. The minimum atomic E-state index is 1.03. The van der Waals surface area contributed by atoms with Crippen LogP contribution in [0.4, 0.5) is 0 Å². The summed E-state index contributed by atoms with van der Waals surface area (Å²) in [6.45, 7) is 0. The van der Waals surface area contributed by atoms with Gasteiger partial charge in [0.15, 0.2) is 16.7 Å². The Morgan fingerprint density at radius 2 is 0.315 bits per heavy atom.